The lowest BCUT2D eigenvalue weighted by molar-refractivity contribution is -0.133. The van der Waals surface area contributed by atoms with Crippen LogP contribution in [-0.2, 0) is 16.1 Å². The van der Waals surface area contributed by atoms with Crippen molar-refractivity contribution in [2.45, 2.75) is 39.7 Å². The number of carbonyl (C=O) groups excluding carboxylic acids is 2. The van der Waals surface area contributed by atoms with Gasteiger partial charge in [-0.2, -0.15) is 0 Å². The van der Waals surface area contributed by atoms with E-state index in [4.69, 9.17) is 0 Å². The van der Waals surface area contributed by atoms with Crippen LogP contribution < -0.4 is 0 Å². The molecule has 0 aliphatic rings. The van der Waals surface area contributed by atoms with Gasteiger partial charge in [-0.15, -0.1) is 0 Å². The Morgan fingerprint density at radius 3 is 2.32 bits per heavy atom. The monoisotopic (exact) mass is 308 g/mol. The molecule has 0 aromatic heterocycles. The molecule has 122 valence electrons. The van der Waals surface area contributed by atoms with Gasteiger partial charge in [0.05, 0.1) is 0 Å². The largest absolute Gasteiger partial charge is 0.346 e. The molecule has 0 atom stereocenters. The molecule has 1 aromatic rings. The Bertz CT molecular complexity index is 488. The van der Waals surface area contributed by atoms with Crippen LogP contribution in [-0.4, -0.2) is 41.8 Å². The number of hydrogen-bond acceptors (Lipinski definition) is 2. The summed E-state index contributed by atoms with van der Waals surface area (Å²) in [7, 11) is 1.79. The van der Waals surface area contributed by atoms with Gasteiger partial charge in [-0.3, -0.25) is 9.59 Å². The van der Waals surface area contributed by atoms with Crippen LogP contribution in [0, 0.1) is 5.82 Å². The zero-order chi connectivity index (χ0) is 16.5. The van der Waals surface area contributed by atoms with Gasteiger partial charge in [-0.05, 0) is 24.1 Å². The summed E-state index contributed by atoms with van der Waals surface area (Å²) < 4.78 is 12.9. The van der Waals surface area contributed by atoms with E-state index in [1.807, 2.05) is 0 Å². The highest BCUT2D eigenvalue weighted by Crippen LogP contribution is 2.08. The minimum Gasteiger partial charge on any atom is -0.346 e. The number of nitrogens with zero attached hydrogens (tertiary/aromatic N) is 2. The molecule has 0 aliphatic heterocycles. The minimum atomic E-state index is -0.300. The van der Waals surface area contributed by atoms with Crippen molar-refractivity contribution >= 4 is 11.8 Å². The first-order chi connectivity index (χ1) is 10.4. The van der Waals surface area contributed by atoms with Crippen LogP contribution in [0.4, 0.5) is 4.39 Å². The van der Waals surface area contributed by atoms with E-state index in [1.165, 1.54) is 19.1 Å². The summed E-state index contributed by atoms with van der Waals surface area (Å²) in [4.78, 5) is 27.0. The Labute approximate surface area is 131 Å². The highest BCUT2D eigenvalue weighted by atomic mass is 19.1. The smallest absolute Gasteiger partial charge is 0.224 e. The molecule has 0 unspecified atom stereocenters. The molecule has 0 heterocycles. The van der Waals surface area contributed by atoms with Gasteiger partial charge in [0.2, 0.25) is 11.8 Å². The van der Waals surface area contributed by atoms with E-state index in [-0.39, 0.29) is 17.6 Å². The van der Waals surface area contributed by atoms with Gasteiger partial charge >= 0.3 is 0 Å². The van der Waals surface area contributed by atoms with E-state index in [0.29, 0.717) is 19.5 Å². The third-order valence-electron chi connectivity index (χ3n) is 3.60. The van der Waals surface area contributed by atoms with E-state index < -0.39 is 0 Å². The van der Waals surface area contributed by atoms with Crippen LogP contribution in [0.1, 0.15) is 38.7 Å². The molecule has 1 rings (SSSR count). The standard InChI is InChI=1S/C17H25FN2O2/c1-4-5-11-19(3)17(22)10-12-20(14(2)21)13-15-6-8-16(18)9-7-15/h6-9H,4-5,10-13H2,1-3H3. The molecule has 2 amide bonds. The molecule has 5 heteroatoms. The van der Waals surface area contributed by atoms with E-state index in [0.717, 1.165) is 24.9 Å². The Balaban J connectivity index is 2.52. The number of carbonyl (C=O) groups is 2. The molecule has 0 N–H and O–H groups in total. The average molecular weight is 308 g/mol. The summed E-state index contributed by atoms with van der Waals surface area (Å²) in [6.45, 7) is 5.07. The van der Waals surface area contributed by atoms with Crippen molar-refractivity contribution < 1.29 is 14.0 Å². The predicted molar refractivity (Wildman–Crippen MR) is 84.7 cm³/mol. The van der Waals surface area contributed by atoms with Crippen LogP contribution in [0.5, 0.6) is 0 Å². The Morgan fingerprint density at radius 1 is 1.14 bits per heavy atom. The van der Waals surface area contributed by atoms with Crippen molar-refractivity contribution in [1.29, 1.82) is 0 Å². The van der Waals surface area contributed by atoms with E-state index in [9.17, 15) is 14.0 Å². The summed E-state index contributed by atoms with van der Waals surface area (Å²) in [5, 5.41) is 0. The van der Waals surface area contributed by atoms with Crippen molar-refractivity contribution in [1.82, 2.24) is 9.80 Å². The summed E-state index contributed by atoms with van der Waals surface area (Å²) in [6.07, 6.45) is 2.33. The van der Waals surface area contributed by atoms with Gasteiger partial charge in [-0.25, -0.2) is 4.39 Å². The molecular formula is C17H25FN2O2. The maximum Gasteiger partial charge on any atom is 0.224 e. The van der Waals surface area contributed by atoms with Crippen LogP contribution in [0.15, 0.2) is 24.3 Å². The van der Waals surface area contributed by atoms with Gasteiger partial charge in [0, 0.05) is 40.0 Å². The quantitative estimate of drug-likeness (QED) is 0.741. The zero-order valence-corrected chi connectivity index (χ0v) is 13.6. The van der Waals surface area contributed by atoms with Gasteiger partial charge in [0.1, 0.15) is 5.82 Å². The second kappa shape index (κ2) is 9.18. The van der Waals surface area contributed by atoms with Crippen molar-refractivity contribution in [3.63, 3.8) is 0 Å². The Kier molecular flexibility index (Phi) is 7.57. The molecule has 0 aliphatic carbocycles. The predicted octanol–water partition coefficient (Wildman–Crippen LogP) is 2.82. The van der Waals surface area contributed by atoms with Crippen LogP contribution in [0.3, 0.4) is 0 Å². The number of hydrogen-bond donors (Lipinski definition) is 0. The number of halogens is 1. The fourth-order valence-electron chi connectivity index (χ4n) is 2.10. The summed E-state index contributed by atoms with van der Waals surface area (Å²) in [6, 6.07) is 6.05. The first kappa shape index (κ1) is 18.1. The number of benzene rings is 1. The van der Waals surface area contributed by atoms with E-state index in [2.05, 4.69) is 6.92 Å². The molecule has 0 radical (unpaired) electrons. The number of rotatable bonds is 8. The molecule has 1 aromatic carbocycles. The third-order valence-corrected chi connectivity index (χ3v) is 3.60. The number of unbranched alkanes of at least 4 members (excludes halogenated alkanes) is 1. The normalized spacial score (nSPS) is 10.4. The van der Waals surface area contributed by atoms with Crippen LogP contribution >= 0.6 is 0 Å². The first-order valence-corrected chi connectivity index (χ1v) is 7.68. The molecule has 0 spiro atoms. The molecule has 0 saturated heterocycles. The van der Waals surface area contributed by atoms with E-state index >= 15 is 0 Å². The number of amides is 2. The van der Waals surface area contributed by atoms with E-state index in [1.54, 1.807) is 29.0 Å². The molecular weight excluding hydrogens is 283 g/mol. The van der Waals surface area contributed by atoms with Crippen molar-refractivity contribution in [2.75, 3.05) is 20.1 Å². The maximum atomic E-state index is 12.9. The van der Waals surface area contributed by atoms with Gasteiger partial charge in [0.15, 0.2) is 0 Å². The lowest BCUT2D eigenvalue weighted by Gasteiger charge is -2.23. The lowest BCUT2D eigenvalue weighted by atomic mass is 10.2. The molecule has 0 saturated carbocycles. The van der Waals surface area contributed by atoms with Crippen molar-refractivity contribution in [3.8, 4) is 0 Å². The second-order valence-corrected chi connectivity index (χ2v) is 5.49. The first-order valence-electron chi connectivity index (χ1n) is 7.68. The Hall–Kier alpha value is -1.91. The highest BCUT2D eigenvalue weighted by Gasteiger charge is 2.14. The summed E-state index contributed by atoms with van der Waals surface area (Å²) in [5.41, 5.74) is 0.850. The van der Waals surface area contributed by atoms with Crippen molar-refractivity contribution in [2.24, 2.45) is 0 Å². The maximum absolute atomic E-state index is 12.9. The molecule has 22 heavy (non-hydrogen) atoms. The zero-order valence-electron chi connectivity index (χ0n) is 13.6. The lowest BCUT2D eigenvalue weighted by Crippen LogP contribution is -2.34. The fraction of sp³-hybridized carbons (Fsp3) is 0.529. The van der Waals surface area contributed by atoms with Crippen molar-refractivity contribution in [3.05, 3.63) is 35.6 Å². The van der Waals surface area contributed by atoms with Gasteiger partial charge in [0.25, 0.3) is 0 Å². The third kappa shape index (κ3) is 6.24. The Morgan fingerprint density at radius 2 is 1.77 bits per heavy atom. The molecule has 0 fully saturated rings. The highest BCUT2D eigenvalue weighted by molar-refractivity contribution is 5.78. The SMILES string of the molecule is CCCCN(C)C(=O)CCN(Cc1ccc(F)cc1)C(C)=O. The average Bonchev–Trinajstić information content (AvgIpc) is 2.50. The minimum absolute atomic E-state index is 0.0406. The second-order valence-electron chi connectivity index (χ2n) is 5.49. The fourth-order valence-corrected chi connectivity index (χ4v) is 2.10. The van der Waals surface area contributed by atoms with Gasteiger partial charge in [-0.1, -0.05) is 25.5 Å². The summed E-state index contributed by atoms with van der Waals surface area (Å²) in [5.74, 6) is -0.349. The van der Waals surface area contributed by atoms with Gasteiger partial charge < -0.3 is 9.80 Å². The van der Waals surface area contributed by atoms with Crippen LogP contribution in [0.25, 0.3) is 0 Å². The van der Waals surface area contributed by atoms with Crippen LogP contribution in [0.2, 0.25) is 0 Å². The topological polar surface area (TPSA) is 40.6 Å². The summed E-state index contributed by atoms with van der Waals surface area (Å²) >= 11 is 0. The molecule has 0 bridgehead atoms. The molecule has 4 nitrogen and oxygen atoms in total.